The third-order valence-electron chi connectivity index (χ3n) is 16.1. The van der Waals surface area contributed by atoms with Crippen LogP contribution >= 0.6 is 0 Å². The highest BCUT2D eigenvalue weighted by Gasteiger charge is 2.19. The minimum Gasteiger partial charge on any atom is -0.462 e. The average Bonchev–Trinajstić information content (AvgIpc) is 3.46. The predicted octanol–water partition coefficient (Wildman–Crippen LogP) is 24.5. The van der Waals surface area contributed by atoms with Crippen molar-refractivity contribution in [2.24, 2.45) is 0 Å². The van der Waals surface area contributed by atoms with Crippen LogP contribution in [0, 0.1) is 0 Å². The van der Waals surface area contributed by atoms with Gasteiger partial charge in [-0.1, -0.05) is 333 Å². The van der Waals surface area contributed by atoms with Gasteiger partial charge in [0.1, 0.15) is 13.2 Å². The molecular weight excluding hydrogens is 985 g/mol. The van der Waals surface area contributed by atoms with E-state index >= 15 is 0 Å². The van der Waals surface area contributed by atoms with Gasteiger partial charge in [0.2, 0.25) is 0 Å². The molecule has 6 nitrogen and oxygen atoms in total. The Labute approximate surface area is 498 Å². The number of carbonyl (C=O) groups excluding carboxylic acids is 3. The number of carbonyl (C=O) groups is 3. The van der Waals surface area contributed by atoms with Gasteiger partial charge in [-0.25, -0.2) is 0 Å². The van der Waals surface area contributed by atoms with Crippen molar-refractivity contribution < 1.29 is 28.6 Å². The molecule has 0 amide bonds. The van der Waals surface area contributed by atoms with Crippen LogP contribution in [0.1, 0.15) is 387 Å². The molecule has 0 aromatic heterocycles. The summed E-state index contributed by atoms with van der Waals surface area (Å²) in [4.78, 5) is 38.3. The molecule has 0 saturated heterocycles. The van der Waals surface area contributed by atoms with Gasteiger partial charge in [-0.05, 0) is 83.5 Å². The van der Waals surface area contributed by atoms with E-state index in [1.807, 2.05) is 0 Å². The monoisotopic (exact) mass is 1120 g/mol. The van der Waals surface area contributed by atoms with Crippen LogP contribution in [0.5, 0.6) is 0 Å². The van der Waals surface area contributed by atoms with E-state index in [0.717, 1.165) is 89.9 Å². The molecule has 80 heavy (non-hydrogen) atoms. The molecule has 0 aromatic carbocycles. The molecule has 0 fully saturated rings. The quantitative estimate of drug-likeness (QED) is 0.0261. The van der Waals surface area contributed by atoms with Crippen LogP contribution < -0.4 is 0 Å². The van der Waals surface area contributed by atoms with Gasteiger partial charge in [-0.2, -0.15) is 0 Å². The van der Waals surface area contributed by atoms with E-state index in [-0.39, 0.29) is 31.1 Å². The molecule has 468 valence electrons. The molecule has 0 aliphatic carbocycles. The maximum Gasteiger partial charge on any atom is 0.306 e. The number of hydrogen-bond acceptors (Lipinski definition) is 6. The van der Waals surface area contributed by atoms with Crippen LogP contribution in [-0.4, -0.2) is 37.2 Å². The molecule has 0 aliphatic rings. The first-order valence-electron chi connectivity index (χ1n) is 35.6. The summed E-state index contributed by atoms with van der Waals surface area (Å²) in [5, 5.41) is 0. The smallest absolute Gasteiger partial charge is 0.306 e. The van der Waals surface area contributed by atoms with Crippen molar-refractivity contribution in [2.75, 3.05) is 13.2 Å². The summed E-state index contributed by atoms with van der Waals surface area (Å²) in [5.41, 5.74) is 0. The molecule has 0 spiro atoms. The zero-order valence-electron chi connectivity index (χ0n) is 53.9. The zero-order valence-corrected chi connectivity index (χ0v) is 53.9. The van der Waals surface area contributed by atoms with Gasteiger partial charge in [0.05, 0.1) is 0 Å². The van der Waals surface area contributed by atoms with Crippen molar-refractivity contribution in [3.05, 3.63) is 48.6 Å². The zero-order chi connectivity index (χ0) is 57.8. The molecule has 1 atom stereocenters. The van der Waals surface area contributed by atoms with Crippen molar-refractivity contribution >= 4 is 17.9 Å². The minimum absolute atomic E-state index is 0.0733. The van der Waals surface area contributed by atoms with Crippen LogP contribution in [-0.2, 0) is 28.6 Å². The molecule has 6 heteroatoms. The summed E-state index contributed by atoms with van der Waals surface area (Å²) in [6.45, 7) is 6.66. The Kier molecular flexibility index (Phi) is 66.6. The second-order valence-corrected chi connectivity index (χ2v) is 24.1. The Morgan fingerprint density at radius 2 is 0.450 bits per heavy atom. The van der Waals surface area contributed by atoms with Crippen LogP contribution in [0.3, 0.4) is 0 Å². The van der Waals surface area contributed by atoms with Crippen LogP contribution in [0.15, 0.2) is 48.6 Å². The highest BCUT2D eigenvalue weighted by molar-refractivity contribution is 5.71. The van der Waals surface area contributed by atoms with Crippen molar-refractivity contribution in [3.8, 4) is 0 Å². The molecular formula is C74H136O6. The first-order valence-corrected chi connectivity index (χ1v) is 35.6. The van der Waals surface area contributed by atoms with Crippen molar-refractivity contribution in [2.45, 2.75) is 393 Å². The van der Waals surface area contributed by atoms with E-state index in [1.165, 1.54) is 257 Å². The lowest BCUT2D eigenvalue weighted by molar-refractivity contribution is -0.167. The molecule has 0 rings (SSSR count). The maximum atomic E-state index is 12.9. The van der Waals surface area contributed by atoms with Gasteiger partial charge in [-0.15, -0.1) is 0 Å². The summed E-state index contributed by atoms with van der Waals surface area (Å²) >= 11 is 0. The molecule has 0 saturated carbocycles. The Balaban J connectivity index is 4.11. The highest BCUT2D eigenvalue weighted by atomic mass is 16.6. The molecule has 1 unspecified atom stereocenters. The van der Waals surface area contributed by atoms with E-state index in [1.54, 1.807) is 0 Å². The van der Waals surface area contributed by atoms with Gasteiger partial charge >= 0.3 is 17.9 Å². The maximum absolute atomic E-state index is 12.9. The van der Waals surface area contributed by atoms with Crippen LogP contribution in [0.2, 0.25) is 0 Å². The summed E-state index contributed by atoms with van der Waals surface area (Å²) in [5.74, 6) is -0.862. The standard InChI is InChI=1S/C74H136O6/c1-4-7-10-13-16-19-22-25-27-29-30-31-32-33-34-35-36-37-38-39-40-41-42-43-44-45-47-49-52-55-58-61-64-67-73(76)79-70-71(69-78-72(75)66-63-60-57-54-51-48-24-21-18-15-12-9-6-3)80-74(77)68-65-62-59-56-53-50-46-28-26-23-20-17-14-11-8-5-2/h20,22-23,25,28-30,46,71H,4-19,21,24,26-27,31-45,47-70H2,1-3H3/b23-20-,25-22-,30-29-,46-28-. The largest absolute Gasteiger partial charge is 0.462 e. The number of unbranched alkanes of at least 4 members (excludes halogenated alkanes) is 47. The SMILES string of the molecule is CCCCCC/C=C\C/C=C\CCCCCCCC(=O)OC(COC(=O)CCCCCCCCCCCCCCC)COC(=O)CCCCCCCCCCCCCCCCCCCCCCC/C=C\C/C=C\CCCCCCC. The van der Waals surface area contributed by atoms with Gasteiger partial charge in [0, 0.05) is 19.3 Å². The van der Waals surface area contributed by atoms with E-state index in [2.05, 4.69) is 69.4 Å². The number of esters is 3. The minimum atomic E-state index is -0.777. The van der Waals surface area contributed by atoms with Gasteiger partial charge in [0.25, 0.3) is 0 Å². The summed E-state index contributed by atoms with van der Waals surface area (Å²) in [6.07, 6.45) is 87.2. The first-order chi connectivity index (χ1) is 39.5. The topological polar surface area (TPSA) is 78.9 Å². The molecule has 0 aliphatic heterocycles. The second-order valence-electron chi connectivity index (χ2n) is 24.1. The molecule has 0 heterocycles. The van der Waals surface area contributed by atoms with Gasteiger partial charge < -0.3 is 14.2 Å². The Morgan fingerprint density at radius 1 is 0.250 bits per heavy atom. The average molecular weight is 1120 g/mol. The Hall–Kier alpha value is -2.63. The van der Waals surface area contributed by atoms with E-state index in [9.17, 15) is 14.4 Å². The van der Waals surface area contributed by atoms with Crippen LogP contribution in [0.25, 0.3) is 0 Å². The first kappa shape index (κ1) is 77.4. The van der Waals surface area contributed by atoms with Crippen molar-refractivity contribution in [3.63, 3.8) is 0 Å². The van der Waals surface area contributed by atoms with Crippen molar-refractivity contribution in [1.29, 1.82) is 0 Å². The lowest BCUT2D eigenvalue weighted by Gasteiger charge is -2.18. The normalized spacial score (nSPS) is 12.3. The lowest BCUT2D eigenvalue weighted by Crippen LogP contribution is -2.30. The number of rotatable bonds is 66. The number of allylic oxidation sites excluding steroid dienone is 8. The fraction of sp³-hybridized carbons (Fsp3) is 0.851. The van der Waals surface area contributed by atoms with Crippen LogP contribution in [0.4, 0.5) is 0 Å². The second kappa shape index (κ2) is 68.9. The van der Waals surface area contributed by atoms with Gasteiger partial charge in [0.15, 0.2) is 6.10 Å². The molecule has 0 aromatic rings. The van der Waals surface area contributed by atoms with E-state index in [0.29, 0.717) is 19.3 Å². The number of ether oxygens (including phenoxy) is 3. The van der Waals surface area contributed by atoms with E-state index in [4.69, 9.17) is 14.2 Å². The molecule has 0 bridgehead atoms. The lowest BCUT2D eigenvalue weighted by atomic mass is 10.0. The summed E-state index contributed by atoms with van der Waals surface area (Å²) in [6, 6.07) is 0. The Bertz CT molecular complexity index is 1380. The Morgan fingerprint density at radius 3 is 0.700 bits per heavy atom. The predicted molar refractivity (Wildman–Crippen MR) is 349 cm³/mol. The van der Waals surface area contributed by atoms with Gasteiger partial charge in [-0.3, -0.25) is 14.4 Å². The number of hydrogen-bond donors (Lipinski definition) is 0. The summed E-state index contributed by atoms with van der Waals surface area (Å²) in [7, 11) is 0. The molecule has 0 radical (unpaired) electrons. The fourth-order valence-corrected chi connectivity index (χ4v) is 10.7. The summed E-state index contributed by atoms with van der Waals surface area (Å²) < 4.78 is 17.0. The third kappa shape index (κ3) is 66.2. The highest BCUT2D eigenvalue weighted by Crippen LogP contribution is 2.18. The molecule has 0 N–H and O–H groups in total. The van der Waals surface area contributed by atoms with Crippen molar-refractivity contribution in [1.82, 2.24) is 0 Å². The third-order valence-corrected chi connectivity index (χ3v) is 16.1. The fourth-order valence-electron chi connectivity index (χ4n) is 10.7. The van der Waals surface area contributed by atoms with E-state index < -0.39 is 6.10 Å².